The molecule has 1 aliphatic heterocycles. The highest BCUT2D eigenvalue weighted by atomic mass is 16.5. The number of carbonyl (C=O) groups excluding carboxylic acids is 1. The van der Waals surface area contributed by atoms with Crippen LogP contribution in [0.5, 0.6) is 0 Å². The van der Waals surface area contributed by atoms with Crippen molar-refractivity contribution in [1.82, 2.24) is 5.32 Å². The van der Waals surface area contributed by atoms with E-state index in [2.05, 4.69) is 12.2 Å². The van der Waals surface area contributed by atoms with Crippen molar-refractivity contribution in [3.63, 3.8) is 0 Å². The van der Waals surface area contributed by atoms with Gasteiger partial charge in [-0.3, -0.25) is 4.79 Å². The van der Waals surface area contributed by atoms with Crippen molar-refractivity contribution in [2.45, 2.75) is 39.5 Å². The first-order valence-corrected chi connectivity index (χ1v) is 5.63. The third kappa shape index (κ3) is 2.47. The summed E-state index contributed by atoms with van der Waals surface area (Å²) in [6.07, 6.45) is 4.05. The second-order valence-electron chi connectivity index (χ2n) is 4.03. The quantitative estimate of drug-likeness (QED) is 0.701. The Kier molecular flexibility index (Phi) is 4.39. The largest absolute Gasteiger partial charge is 0.466 e. The van der Waals surface area contributed by atoms with E-state index in [4.69, 9.17) is 4.74 Å². The van der Waals surface area contributed by atoms with Gasteiger partial charge in [-0.15, -0.1) is 0 Å². The summed E-state index contributed by atoms with van der Waals surface area (Å²) in [5.41, 5.74) is -0.233. The Bertz CT molecular complexity index is 180. The summed E-state index contributed by atoms with van der Waals surface area (Å²) < 4.78 is 5.16. The summed E-state index contributed by atoms with van der Waals surface area (Å²) in [4.78, 5) is 11.8. The number of ether oxygens (including phenoxy) is 1. The van der Waals surface area contributed by atoms with Gasteiger partial charge in [0.05, 0.1) is 12.0 Å². The van der Waals surface area contributed by atoms with Crippen LogP contribution in [-0.2, 0) is 9.53 Å². The smallest absolute Gasteiger partial charge is 0.313 e. The lowest BCUT2D eigenvalue weighted by molar-refractivity contribution is -0.157. The van der Waals surface area contributed by atoms with Crippen molar-refractivity contribution in [3.05, 3.63) is 0 Å². The molecule has 1 rings (SSSR count). The molecule has 0 aromatic rings. The van der Waals surface area contributed by atoms with Gasteiger partial charge < -0.3 is 10.1 Å². The first-order valence-electron chi connectivity index (χ1n) is 5.63. The highest BCUT2D eigenvalue weighted by Gasteiger charge is 2.39. The molecule has 0 spiro atoms. The zero-order valence-electron chi connectivity index (χ0n) is 9.27. The summed E-state index contributed by atoms with van der Waals surface area (Å²) in [7, 11) is 0. The van der Waals surface area contributed by atoms with Gasteiger partial charge in [-0.1, -0.05) is 13.3 Å². The third-order valence-electron chi connectivity index (χ3n) is 2.91. The van der Waals surface area contributed by atoms with Crippen molar-refractivity contribution < 1.29 is 9.53 Å². The minimum Gasteiger partial charge on any atom is -0.466 e. The Hall–Kier alpha value is -0.570. The maximum absolute atomic E-state index is 11.8. The van der Waals surface area contributed by atoms with Crippen molar-refractivity contribution >= 4 is 5.97 Å². The topological polar surface area (TPSA) is 38.3 Å². The minimum absolute atomic E-state index is 0.00551. The Morgan fingerprint density at radius 2 is 2.29 bits per heavy atom. The van der Waals surface area contributed by atoms with Crippen LogP contribution >= 0.6 is 0 Å². The minimum atomic E-state index is -0.233. The maximum Gasteiger partial charge on any atom is 0.313 e. The summed E-state index contributed by atoms with van der Waals surface area (Å²) >= 11 is 0. The molecule has 82 valence electrons. The molecule has 1 atom stereocenters. The molecular weight excluding hydrogens is 178 g/mol. The van der Waals surface area contributed by atoms with E-state index in [1.807, 2.05) is 6.92 Å². The molecule has 1 heterocycles. The van der Waals surface area contributed by atoms with Crippen molar-refractivity contribution in [1.29, 1.82) is 0 Å². The van der Waals surface area contributed by atoms with E-state index in [1.165, 1.54) is 0 Å². The number of esters is 1. The van der Waals surface area contributed by atoms with Crippen LogP contribution < -0.4 is 5.32 Å². The van der Waals surface area contributed by atoms with Crippen LogP contribution in [0.25, 0.3) is 0 Å². The number of rotatable bonds is 4. The molecule has 0 aromatic heterocycles. The Balaban J connectivity index is 2.63. The Labute approximate surface area is 86.2 Å². The van der Waals surface area contributed by atoms with Crippen LogP contribution in [0.1, 0.15) is 39.5 Å². The van der Waals surface area contributed by atoms with Gasteiger partial charge in [-0.05, 0) is 32.7 Å². The molecule has 3 nitrogen and oxygen atoms in total. The van der Waals surface area contributed by atoms with Crippen LogP contribution in [0.15, 0.2) is 0 Å². The Morgan fingerprint density at radius 3 is 2.79 bits per heavy atom. The molecule has 0 amide bonds. The van der Waals surface area contributed by atoms with Gasteiger partial charge >= 0.3 is 5.97 Å². The summed E-state index contributed by atoms with van der Waals surface area (Å²) in [6.45, 7) is 6.30. The molecule has 1 saturated heterocycles. The molecule has 0 bridgehead atoms. The average Bonchev–Trinajstić information content (AvgIpc) is 2.20. The van der Waals surface area contributed by atoms with E-state index in [0.717, 1.165) is 38.8 Å². The fourth-order valence-corrected chi connectivity index (χ4v) is 2.22. The molecule has 1 aliphatic rings. The summed E-state index contributed by atoms with van der Waals surface area (Å²) in [5, 5.41) is 3.30. The first-order chi connectivity index (χ1) is 6.75. The van der Waals surface area contributed by atoms with E-state index in [0.29, 0.717) is 6.61 Å². The molecule has 0 unspecified atom stereocenters. The lowest BCUT2D eigenvalue weighted by Crippen LogP contribution is -2.46. The van der Waals surface area contributed by atoms with Gasteiger partial charge in [0, 0.05) is 6.54 Å². The number of hydrogen-bond donors (Lipinski definition) is 1. The van der Waals surface area contributed by atoms with Crippen molar-refractivity contribution in [2.24, 2.45) is 5.41 Å². The van der Waals surface area contributed by atoms with E-state index in [1.54, 1.807) is 0 Å². The number of nitrogens with one attached hydrogen (secondary N) is 1. The molecule has 1 fully saturated rings. The van der Waals surface area contributed by atoms with Gasteiger partial charge in [0.15, 0.2) is 0 Å². The molecule has 14 heavy (non-hydrogen) atoms. The summed E-state index contributed by atoms with van der Waals surface area (Å²) in [6, 6.07) is 0. The molecule has 0 aliphatic carbocycles. The SMILES string of the molecule is CCC[C@]1(C(=O)OCC)CCCNC1. The second-order valence-corrected chi connectivity index (χ2v) is 4.03. The molecule has 3 heteroatoms. The number of hydrogen-bond acceptors (Lipinski definition) is 3. The van der Waals surface area contributed by atoms with Crippen LogP contribution in [0, 0.1) is 5.41 Å². The molecule has 1 N–H and O–H groups in total. The van der Waals surface area contributed by atoms with Crippen molar-refractivity contribution in [3.8, 4) is 0 Å². The van der Waals surface area contributed by atoms with Gasteiger partial charge in [0.1, 0.15) is 0 Å². The molecular formula is C11H21NO2. The zero-order chi connectivity index (χ0) is 10.4. The van der Waals surface area contributed by atoms with Crippen LogP contribution in [0.2, 0.25) is 0 Å². The first kappa shape index (κ1) is 11.5. The summed E-state index contributed by atoms with van der Waals surface area (Å²) in [5.74, 6) is -0.00551. The monoisotopic (exact) mass is 199 g/mol. The van der Waals surface area contributed by atoms with Gasteiger partial charge in [0.25, 0.3) is 0 Å². The molecule has 0 aromatic carbocycles. The maximum atomic E-state index is 11.8. The molecule has 0 saturated carbocycles. The Morgan fingerprint density at radius 1 is 1.50 bits per heavy atom. The van der Waals surface area contributed by atoms with Gasteiger partial charge in [-0.25, -0.2) is 0 Å². The highest BCUT2D eigenvalue weighted by molar-refractivity contribution is 5.77. The van der Waals surface area contributed by atoms with E-state index >= 15 is 0 Å². The van der Waals surface area contributed by atoms with E-state index in [9.17, 15) is 4.79 Å². The van der Waals surface area contributed by atoms with Crippen LogP contribution in [0.4, 0.5) is 0 Å². The highest BCUT2D eigenvalue weighted by Crippen LogP contribution is 2.32. The van der Waals surface area contributed by atoms with Gasteiger partial charge in [0.2, 0.25) is 0 Å². The van der Waals surface area contributed by atoms with Crippen LogP contribution in [-0.4, -0.2) is 25.7 Å². The fraction of sp³-hybridized carbons (Fsp3) is 0.909. The average molecular weight is 199 g/mol. The lowest BCUT2D eigenvalue weighted by atomic mass is 9.77. The van der Waals surface area contributed by atoms with Gasteiger partial charge in [-0.2, -0.15) is 0 Å². The van der Waals surface area contributed by atoms with E-state index < -0.39 is 0 Å². The normalized spacial score (nSPS) is 27.3. The standard InChI is InChI=1S/C11H21NO2/c1-3-6-11(10(13)14-4-2)7-5-8-12-9-11/h12H,3-9H2,1-2H3/t11-/m0/s1. The van der Waals surface area contributed by atoms with Crippen LogP contribution in [0.3, 0.4) is 0 Å². The predicted octanol–water partition coefficient (Wildman–Crippen LogP) is 1.72. The molecule has 0 radical (unpaired) electrons. The number of piperidine rings is 1. The van der Waals surface area contributed by atoms with E-state index in [-0.39, 0.29) is 11.4 Å². The predicted molar refractivity (Wildman–Crippen MR) is 56.1 cm³/mol. The lowest BCUT2D eigenvalue weighted by Gasteiger charge is -2.35. The number of carbonyl (C=O) groups is 1. The third-order valence-corrected chi connectivity index (χ3v) is 2.91. The second kappa shape index (κ2) is 5.35. The van der Waals surface area contributed by atoms with Crippen molar-refractivity contribution in [2.75, 3.05) is 19.7 Å². The zero-order valence-corrected chi connectivity index (χ0v) is 9.27. The fourth-order valence-electron chi connectivity index (χ4n) is 2.22.